The third kappa shape index (κ3) is 0.980. The first-order valence-electron chi connectivity index (χ1n) is 6.04. The van der Waals surface area contributed by atoms with E-state index in [2.05, 4.69) is 27.7 Å². The molecule has 0 radical (unpaired) electrons. The van der Waals surface area contributed by atoms with Gasteiger partial charge >= 0.3 is 0 Å². The van der Waals surface area contributed by atoms with E-state index in [1.807, 2.05) is 0 Å². The molecule has 3 atom stereocenters. The van der Waals surface area contributed by atoms with E-state index in [0.29, 0.717) is 5.41 Å². The fourth-order valence-corrected chi connectivity index (χ4v) is 4.38. The predicted octanol–water partition coefficient (Wildman–Crippen LogP) is 4.25. The van der Waals surface area contributed by atoms with Crippen LogP contribution in [0.4, 0.5) is 0 Å². The Kier molecular flexibility index (Phi) is 2.02. The Morgan fingerprint density at radius 3 is 2.38 bits per heavy atom. The largest absolute Gasteiger partial charge is 0.0654 e. The minimum absolute atomic E-state index is 0.653. The lowest BCUT2D eigenvalue weighted by Gasteiger charge is -2.69. The van der Waals surface area contributed by atoms with Gasteiger partial charge in [0, 0.05) is 0 Å². The summed E-state index contributed by atoms with van der Waals surface area (Å²) in [6, 6.07) is 0. The van der Waals surface area contributed by atoms with Crippen molar-refractivity contribution in [2.75, 3.05) is 0 Å². The number of hydrogen-bond donors (Lipinski definition) is 0. The lowest BCUT2D eigenvalue weighted by Crippen LogP contribution is -2.61. The minimum Gasteiger partial charge on any atom is -0.0654 e. The third-order valence-corrected chi connectivity index (χ3v) is 5.50. The maximum absolute atomic E-state index is 2.52. The number of hydrogen-bond acceptors (Lipinski definition) is 0. The molecule has 0 saturated heterocycles. The molecule has 3 saturated carbocycles. The van der Waals surface area contributed by atoms with Gasteiger partial charge in [0.2, 0.25) is 0 Å². The number of rotatable bonds is 2. The summed E-state index contributed by atoms with van der Waals surface area (Å²) in [6.45, 7) is 9.88. The Labute approximate surface area is 83.1 Å². The van der Waals surface area contributed by atoms with Crippen molar-refractivity contribution in [3.8, 4) is 0 Å². The Morgan fingerprint density at radius 2 is 1.92 bits per heavy atom. The van der Waals surface area contributed by atoms with E-state index in [0.717, 1.165) is 17.3 Å². The number of fused-ring (bicyclic) bond motifs is 2. The van der Waals surface area contributed by atoms with Crippen LogP contribution < -0.4 is 0 Å². The van der Waals surface area contributed by atoms with Crippen LogP contribution in [0.15, 0.2) is 0 Å². The van der Waals surface area contributed by atoms with Gasteiger partial charge in [0.1, 0.15) is 0 Å². The molecule has 76 valence electrons. The van der Waals surface area contributed by atoms with Crippen molar-refractivity contribution in [1.82, 2.24) is 0 Å². The quantitative estimate of drug-likeness (QED) is 0.596. The lowest BCUT2D eigenvalue weighted by atomic mass is 9.36. The summed E-state index contributed by atoms with van der Waals surface area (Å²) in [6.07, 6.45) is 7.38. The molecule has 0 nitrogen and oxygen atoms in total. The first-order valence-corrected chi connectivity index (χ1v) is 6.04. The molecule has 2 bridgehead atoms. The molecule has 0 spiro atoms. The van der Waals surface area contributed by atoms with E-state index in [4.69, 9.17) is 0 Å². The fraction of sp³-hybridized carbons (Fsp3) is 1.00. The second kappa shape index (κ2) is 2.74. The first kappa shape index (κ1) is 9.55. The zero-order chi connectivity index (χ0) is 9.69. The van der Waals surface area contributed by atoms with Crippen LogP contribution in [0.25, 0.3) is 0 Å². The second-order valence-electron chi connectivity index (χ2n) is 6.01. The molecular weight excluding hydrogens is 156 g/mol. The highest BCUT2D eigenvalue weighted by atomic mass is 14.7. The Balaban J connectivity index is 2.23. The van der Waals surface area contributed by atoms with Gasteiger partial charge in [-0.05, 0) is 48.3 Å². The maximum Gasteiger partial charge on any atom is -0.0215 e. The molecule has 0 amide bonds. The van der Waals surface area contributed by atoms with Crippen LogP contribution in [0.5, 0.6) is 0 Å². The van der Waals surface area contributed by atoms with E-state index in [9.17, 15) is 0 Å². The molecule has 0 heteroatoms. The summed E-state index contributed by atoms with van der Waals surface area (Å²) in [7, 11) is 0. The minimum atomic E-state index is 0.653. The Bertz CT molecular complexity index is 200. The summed E-state index contributed by atoms with van der Waals surface area (Å²) in [5.74, 6) is 2.03. The van der Waals surface area contributed by atoms with Crippen molar-refractivity contribution in [1.29, 1.82) is 0 Å². The van der Waals surface area contributed by atoms with Crippen molar-refractivity contribution >= 4 is 0 Å². The molecule has 0 aromatic heterocycles. The van der Waals surface area contributed by atoms with Gasteiger partial charge in [0.15, 0.2) is 0 Å². The fourth-order valence-electron chi connectivity index (χ4n) is 4.38. The van der Waals surface area contributed by atoms with Gasteiger partial charge in [0.05, 0.1) is 0 Å². The summed E-state index contributed by atoms with van der Waals surface area (Å²) in [4.78, 5) is 0. The monoisotopic (exact) mass is 180 g/mol. The molecule has 13 heavy (non-hydrogen) atoms. The summed E-state index contributed by atoms with van der Waals surface area (Å²) < 4.78 is 0. The van der Waals surface area contributed by atoms with Crippen LogP contribution in [0, 0.1) is 22.7 Å². The molecular formula is C13H24. The molecule has 0 aromatic carbocycles. The van der Waals surface area contributed by atoms with Crippen LogP contribution in [0.2, 0.25) is 0 Å². The van der Waals surface area contributed by atoms with Gasteiger partial charge in [-0.3, -0.25) is 0 Å². The molecule has 0 aromatic rings. The highest BCUT2D eigenvalue weighted by Gasteiger charge is 2.63. The highest BCUT2D eigenvalue weighted by molar-refractivity contribution is 5.12. The van der Waals surface area contributed by atoms with E-state index in [1.165, 1.54) is 32.1 Å². The smallest absolute Gasteiger partial charge is 0.0215 e. The van der Waals surface area contributed by atoms with Crippen molar-refractivity contribution in [3.05, 3.63) is 0 Å². The van der Waals surface area contributed by atoms with Crippen LogP contribution in [-0.2, 0) is 0 Å². The molecule has 3 rings (SSSR count). The lowest BCUT2D eigenvalue weighted by molar-refractivity contribution is -0.198. The normalized spacial score (nSPS) is 47.1. The van der Waals surface area contributed by atoms with Crippen LogP contribution >= 0.6 is 0 Å². The highest BCUT2D eigenvalue weighted by Crippen LogP contribution is 2.71. The van der Waals surface area contributed by atoms with Crippen molar-refractivity contribution in [2.24, 2.45) is 22.7 Å². The van der Waals surface area contributed by atoms with Gasteiger partial charge in [-0.2, -0.15) is 0 Å². The van der Waals surface area contributed by atoms with E-state index >= 15 is 0 Å². The zero-order valence-corrected chi connectivity index (χ0v) is 9.69. The molecule has 0 heterocycles. The maximum atomic E-state index is 2.52. The summed E-state index contributed by atoms with van der Waals surface area (Å²) >= 11 is 0. The molecule has 0 N–H and O–H groups in total. The van der Waals surface area contributed by atoms with E-state index in [1.54, 1.807) is 0 Å². The van der Waals surface area contributed by atoms with Crippen molar-refractivity contribution < 1.29 is 0 Å². The molecule has 3 fully saturated rings. The van der Waals surface area contributed by atoms with Gasteiger partial charge in [-0.25, -0.2) is 0 Å². The Hall–Kier alpha value is 0. The van der Waals surface area contributed by atoms with E-state index < -0.39 is 0 Å². The predicted molar refractivity (Wildman–Crippen MR) is 57.6 cm³/mol. The van der Waals surface area contributed by atoms with Crippen LogP contribution in [-0.4, -0.2) is 0 Å². The van der Waals surface area contributed by atoms with Crippen LogP contribution in [0.1, 0.15) is 59.8 Å². The van der Waals surface area contributed by atoms with E-state index in [-0.39, 0.29) is 0 Å². The third-order valence-electron chi connectivity index (χ3n) is 5.50. The molecule has 3 unspecified atom stereocenters. The zero-order valence-electron chi connectivity index (χ0n) is 9.69. The molecule has 0 aliphatic heterocycles. The average Bonchev–Trinajstić information content (AvgIpc) is 2.08. The van der Waals surface area contributed by atoms with Gasteiger partial charge < -0.3 is 0 Å². The average molecular weight is 180 g/mol. The molecule has 3 aliphatic rings. The SMILES string of the molecule is CCCC12CC(CCC1C)C2(C)C. The molecule has 3 aliphatic carbocycles. The standard InChI is InChI=1S/C13H24/c1-5-8-13-9-11(12(13,3)4)7-6-10(13)2/h10-11H,5-9H2,1-4H3. The van der Waals surface area contributed by atoms with Crippen molar-refractivity contribution in [3.63, 3.8) is 0 Å². The topological polar surface area (TPSA) is 0 Å². The van der Waals surface area contributed by atoms with Gasteiger partial charge in [-0.15, -0.1) is 0 Å². The summed E-state index contributed by atoms with van der Waals surface area (Å²) in [5, 5.41) is 0. The first-order chi connectivity index (χ1) is 6.04. The van der Waals surface area contributed by atoms with Crippen LogP contribution in [0.3, 0.4) is 0 Å². The van der Waals surface area contributed by atoms with Crippen molar-refractivity contribution in [2.45, 2.75) is 59.8 Å². The summed E-state index contributed by atoms with van der Waals surface area (Å²) in [5.41, 5.74) is 1.38. The van der Waals surface area contributed by atoms with Gasteiger partial charge in [0.25, 0.3) is 0 Å². The second-order valence-corrected chi connectivity index (χ2v) is 6.01. The Morgan fingerprint density at radius 1 is 1.23 bits per heavy atom. The van der Waals surface area contributed by atoms with Gasteiger partial charge in [-0.1, -0.05) is 34.1 Å².